The molecule has 4 rings (SSSR count). The lowest BCUT2D eigenvalue weighted by Gasteiger charge is -2.44. The summed E-state index contributed by atoms with van der Waals surface area (Å²) in [5, 5.41) is 0. The lowest BCUT2D eigenvalue weighted by Crippen LogP contribution is -2.46. The SMILES string of the molecule is COc1ccc(N2/C(=N/c3ccc(I)cc3)CC2c2ccccc2)cc1. The van der Waals surface area contributed by atoms with E-state index in [1.165, 1.54) is 9.13 Å². The molecule has 0 N–H and O–H groups in total. The van der Waals surface area contributed by atoms with Crippen LogP contribution < -0.4 is 9.64 Å². The average Bonchev–Trinajstić information content (AvgIpc) is 2.67. The molecule has 0 bridgehead atoms. The molecule has 1 aliphatic heterocycles. The van der Waals surface area contributed by atoms with Crippen molar-refractivity contribution in [1.82, 2.24) is 0 Å². The minimum absolute atomic E-state index is 0.312. The number of nitrogens with zero attached hydrogens (tertiary/aromatic N) is 2. The Hall–Kier alpha value is -2.34. The van der Waals surface area contributed by atoms with Crippen LogP contribution in [0.4, 0.5) is 11.4 Å². The first-order valence-corrected chi connectivity index (χ1v) is 9.64. The Morgan fingerprint density at radius 1 is 0.923 bits per heavy atom. The van der Waals surface area contributed by atoms with Gasteiger partial charge in [0, 0.05) is 15.7 Å². The number of amidine groups is 1. The van der Waals surface area contributed by atoms with Crippen LogP contribution in [0.2, 0.25) is 0 Å². The fourth-order valence-corrected chi connectivity index (χ4v) is 3.57. The van der Waals surface area contributed by atoms with Crippen LogP contribution in [0.15, 0.2) is 83.9 Å². The highest BCUT2D eigenvalue weighted by Gasteiger charge is 2.36. The van der Waals surface area contributed by atoms with Crippen LogP contribution in [0.5, 0.6) is 5.75 Å². The normalized spacial score (nSPS) is 17.8. The number of rotatable bonds is 4. The number of hydrogen-bond donors (Lipinski definition) is 0. The summed E-state index contributed by atoms with van der Waals surface area (Å²) in [5.74, 6) is 1.95. The molecule has 3 nitrogen and oxygen atoms in total. The lowest BCUT2D eigenvalue weighted by molar-refractivity contribution is 0.415. The first kappa shape index (κ1) is 17.1. The van der Waals surface area contributed by atoms with E-state index in [-0.39, 0.29) is 0 Å². The fraction of sp³-hybridized carbons (Fsp3) is 0.136. The van der Waals surface area contributed by atoms with E-state index in [0.29, 0.717) is 6.04 Å². The molecule has 1 saturated heterocycles. The molecule has 4 heteroatoms. The molecule has 1 unspecified atom stereocenters. The number of anilines is 1. The van der Waals surface area contributed by atoms with Crippen molar-refractivity contribution < 1.29 is 4.74 Å². The van der Waals surface area contributed by atoms with E-state index in [0.717, 1.165) is 29.4 Å². The van der Waals surface area contributed by atoms with E-state index >= 15 is 0 Å². The van der Waals surface area contributed by atoms with Gasteiger partial charge >= 0.3 is 0 Å². The summed E-state index contributed by atoms with van der Waals surface area (Å²) in [7, 11) is 1.69. The second-order valence-electron chi connectivity index (χ2n) is 6.20. The highest BCUT2D eigenvalue weighted by atomic mass is 127. The molecule has 0 radical (unpaired) electrons. The highest BCUT2D eigenvalue weighted by Crippen LogP contribution is 2.41. The van der Waals surface area contributed by atoms with Gasteiger partial charge in [0.1, 0.15) is 11.6 Å². The highest BCUT2D eigenvalue weighted by molar-refractivity contribution is 14.1. The van der Waals surface area contributed by atoms with Gasteiger partial charge in [-0.05, 0) is 76.7 Å². The molecule has 0 aliphatic carbocycles. The standard InChI is InChI=1S/C22H19IN2O/c1-26-20-13-11-19(12-14-20)25-21(16-5-3-2-4-6-16)15-22(25)24-18-9-7-17(23)8-10-18/h2-14,21H,15H2,1H3/b24-22+. The third-order valence-electron chi connectivity index (χ3n) is 4.59. The Kier molecular flexibility index (Phi) is 4.93. The molecule has 0 aromatic heterocycles. The van der Waals surface area contributed by atoms with Crippen molar-refractivity contribution >= 4 is 39.8 Å². The van der Waals surface area contributed by atoms with Crippen molar-refractivity contribution in [2.45, 2.75) is 12.5 Å². The van der Waals surface area contributed by atoms with Crippen molar-refractivity contribution in [1.29, 1.82) is 0 Å². The maximum Gasteiger partial charge on any atom is 0.119 e. The van der Waals surface area contributed by atoms with Crippen LogP contribution in [0, 0.1) is 3.57 Å². The summed E-state index contributed by atoms with van der Waals surface area (Å²) in [6.07, 6.45) is 0.933. The molecule has 3 aromatic rings. The molecule has 3 aromatic carbocycles. The Morgan fingerprint density at radius 2 is 1.62 bits per heavy atom. The third-order valence-corrected chi connectivity index (χ3v) is 5.30. The van der Waals surface area contributed by atoms with E-state index < -0.39 is 0 Å². The van der Waals surface area contributed by atoms with Crippen molar-refractivity contribution in [2.75, 3.05) is 12.0 Å². The maximum atomic E-state index is 5.30. The molecule has 0 saturated carbocycles. The van der Waals surface area contributed by atoms with Gasteiger partial charge in [0.15, 0.2) is 0 Å². The zero-order valence-electron chi connectivity index (χ0n) is 14.5. The van der Waals surface area contributed by atoms with E-state index in [9.17, 15) is 0 Å². The first-order chi connectivity index (χ1) is 12.7. The number of ether oxygens (including phenoxy) is 1. The number of methoxy groups -OCH3 is 1. The maximum absolute atomic E-state index is 5.30. The molecule has 1 fully saturated rings. The summed E-state index contributed by atoms with van der Waals surface area (Å²) in [6, 6.07) is 27.4. The fourth-order valence-electron chi connectivity index (χ4n) is 3.21. The first-order valence-electron chi connectivity index (χ1n) is 8.56. The zero-order chi connectivity index (χ0) is 17.9. The molecule has 26 heavy (non-hydrogen) atoms. The minimum atomic E-state index is 0.312. The van der Waals surface area contributed by atoms with Gasteiger partial charge in [-0.3, -0.25) is 0 Å². The quantitative estimate of drug-likeness (QED) is 0.453. The van der Waals surface area contributed by atoms with Gasteiger partial charge in [-0.2, -0.15) is 0 Å². The topological polar surface area (TPSA) is 24.8 Å². The van der Waals surface area contributed by atoms with Gasteiger partial charge in [-0.25, -0.2) is 4.99 Å². The van der Waals surface area contributed by atoms with Crippen LogP contribution in [0.1, 0.15) is 18.0 Å². The van der Waals surface area contributed by atoms with Gasteiger partial charge < -0.3 is 9.64 Å². The summed E-state index contributed by atoms with van der Waals surface area (Å²) < 4.78 is 6.51. The van der Waals surface area contributed by atoms with Crippen LogP contribution >= 0.6 is 22.6 Å². The molecule has 1 atom stereocenters. The smallest absolute Gasteiger partial charge is 0.119 e. The summed E-state index contributed by atoms with van der Waals surface area (Å²) in [5.41, 5.74) is 3.44. The van der Waals surface area contributed by atoms with Gasteiger partial charge in [0.05, 0.1) is 18.8 Å². The van der Waals surface area contributed by atoms with Crippen molar-refractivity contribution in [3.63, 3.8) is 0 Å². The largest absolute Gasteiger partial charge is 0.497 e. The van der Waals surface area contributed by atoms with Crippen LogP contribution in [-0.4, -0.2) is 12.9 Å². The van der Waals surface area contributed by atoms with E-state index in [1.807, 2.05) is 12.1 Å². The summed E-state index contributed by atoms with van der Waals surface area (Å²) >= 11 is 2.31. The summed E-state index contributed by atoms with van der Waals surface area (Å²) in [6.45, 7) is 0. The average molecular weight is 454 g/mol. The molecule has 0 amide bonds. The predicted octanol–water partition coefficient (Wildman–Crippen LogP) is 5.98. The lowest BCUT2D eigenvalue weighted by atomic mass is 9.92. The van der Waals surface area contributed by atoms with E-state index in [4.69, 9.17) is 9.73 Å². The molecule has 130 valence electrons. The Labute approximate surface area is 167 Å². The van der Waals surface area contributed by atoms with Crippen LogP contribution in [-0.2, 0) is 0 Å². The van der Waals surface area contributed by atoms with Crippen molar-refractivity contribution in [3.05, 3.63) is 88.0 Å². The Morgan fingerprint density at radius 3 is 2.27 bits per heavy atom. The monoisotopic (exact) mass is 454 g/mol. The number of benzene rings is 3. The second-order valence-corrected chi connectivity index (χ2v) is 7.45. The molecular weight excluding hydrogens is 435 g/mol. The van der Waals surface area contributed by atoms with E-state index in [2.05, 4.69) is 94.2 Å². The number of aliphatic imine (C=N–C) groups is 1. The predicted molar refractivity (Wildman–Crippen MR) is 116 cm³/mol. The summed E-state index contributed by atoms with van der Waals surface area (Å²) in [4.78, 5) is 7.20. The van der Waals surface area contributed by atoms with Crippen LogP contribution in [0.25, 0.3) is 0 Å². The molecule has 0 spiro atoms. The zero-order valence-corrected chi connectivity index (χ0v) is 16.6. The molecule has 1 heterocycles. The van der Waals surface area contributed by atoms with Gasteiger partial charge in [-0.15, -0.1) is 0 Å². The van der Waals surface area contributed by atoms with Crippen molar-refractivity contribution in [3.8, 4) is 5.75 Å². The van der Waals surface area contributed by atoms with Crippen molar-refractivity contribution in [2.24, 2.45) is 4.99 Å². The minimum Gasteiger partial charge on any atom is -0.497 e. The van der Waals surface area contributed by atoms with Gasteiger partial charge in [-0.1, -0.05) is 30.3 Å². The molecular formula is C22H19IN2O. The number of halogens is 1. The van der Waals surface area contributed by atoms with Gasteiger partial charge in [0.2, 0.25) is 0 Å². The van der Waals surface area contributed by atoms with Crippen LogP contribution in [0.3, 0.4) is 0 Å². The third kappa shape index (κ3) is 3.46. The van der Waals surface area contributed by atoms with E-state index in [1.54, 1.807) is 7.11 Å². The van der Waals surface area contributed by atoms with Gasteiger partial charge in [0.25, 0.3) is 0 Å². The number of hydrogen-bond acceptors (Lipinski definition) is 2. The second kappa shape index (κ2) is 7.50. The Balaban J connectivity index is 1.69. The Bertz CT molecular complexity index is 905. The molecule has 1 aliphatic rings.